The van der Waals surface area contributed by atoms with Crippen molar-refractivity contribution in [2.45, 2.75) is 96.3 Å². The Morgan fingerprint density at radius 1 is 0.857 bits per heavy atom. The van der Waals surface area contributed by atoms with Crippen LogP contribution in [0.4, 0.5) is 0 Å². The van der Waals surface area contributed by atoms with E-state index in [0.717, 1.165) is 25.8 Å². The summed E-state index contributed by atoms with van der Waals surface area (Å²) in [5, 5.41) is 3.13. The Balaban J connectivity index is 3.91. The Kier molecular flexibility index (Phi) is 12.4. The molecule has 3 nitrogen and oxygen atoms in total. The summed E-state index contributed by atoms with van der Waals surface area (Å²) in [5.74, 6) is 0. The van der Waals surface area contributed by atoms with Crippen molar-refractivity contribution in [3.63, 3.8) is 0 Å². The minimum atomic E-state index is -2.95. The molecule has 4 heteroatoms. The summed E-state index contributed by atoms with van der Waals surface area (Å²) in [6.07, 6.45) is 13.7. The second-order valence-corrected chi connectivity index (χ2v) is 8.76. The van der Waals surface area contributed by atoms with Crippen LogP contribution in [0.5, 0.6) is 0 Å². The molecule has 0 heterocycles. The molecule has 2 unspecified atom stereocenters. The zero-order valence-electron chi connectivity index (χ0n) is 14.7. The monoisotopic (exact) mass is 319 g/mol. The van der Waals surface area contributed by atoms with E-state index in [9.17, 15) is 8.42 Å². The molecule has 2 atom stereocenters. The van der Waals surface area contributed by atoms with Crippen molar-refractivity contribution < 1.29 is 8.42 Å². The Morgan fingerprint density at radius 3 is 1.86 bits per heavy atom. The zero-order valence-corrected chi connectivity index (χ0v) is 15.5. The Bertz CT molecular complexity index is 328. The van der Waals surface area contributed by atoms with Gasteiger partial charge in [0.2, 0.25) is 0 Å². The summed E-state index contributed by atoms with van der Waals surface area (Å²) in [6.45, 7) is 7.10. The lowest BCUT2D eigenvalue weighted by Gasteiger charge is -2.24. The van der Waals surface area contributed by atoms with E-state index < -0.39 is 9.84 Å². The Labute approximate surface area is 133 Å². The minimum Gasteiger partial charge on any atom is -0.313 e. The third kappa shape index (κ3) is 11.2. The van der Waals surface area contributed by atoms with Crippen molar-refractivity contribution in [3.8, 4) is 0 Å². The topological polar surface area (TPSA) is 46.2 Å². The van der Waals surface area contributed by atoms with Crippen LogP contribution in [0, 0.1) is 0 Å². The SMILES string of the molecule is CCCCCCCCCCC(NCCC)C(C)S(C)(=O)=O. The molecule has 0 radical (unpaired) electrons. The summed E-state index contributed by atoms with van der Waals surface area (Å²) < 4.78 is 23.5. The van der Waals surface area contributed by atoms with Crippen LogP contribution in [0.2, 0.25) is 0 Å². The quantitative estimate of drug-likeness (QED) is 0.485. The maximum atomic E-state index is 11.7. The van der Waals surface area contributed by atoms with Gasteiger partial charge in [-0.15, -0.1) is 0 Å². The molecule has 21 heavy (non-hydrogen) atoms. The lowest BCUT2D eigenvalue weighted by molar-refractivity contribution is 0.437. The molecule has 0 aromatic carbocycles. The first kappa shape index (κ1) is 20.9. The van der Waals surface area contributed by atoms with Crippen LogP contribution in [-0.2, 0) is 9.84 Å². The number of sulfone groups is 1. The highest BCUT2D eigenvalue weighted by molar-refractivity contribution is 7.91. The molecule has 0 aromatic heterocycles. The largest absolute Gasteiger partial charge is 0.313 e. The van der Waals surface area contributed by atoms with Crippen molar-refractivity contribution in [1.82, 2.24) is 5.32 Å². The fraction of sp³-hybridized carbons (Fsp3) is 1.00. The third-order valence-electron chi connectivity index (χ3n) is 4.27. The van der Waals surface area contributed by atoms with Gasteiger partial charge in [0, 0.05) is 12.3 Å². The summed E-state index contributed by atoms with van der Waals surface area (Å²) in [5.41, 5.74) is 0. The molecular formula is C17H37NO2S. The second kappa shape index (κ2) is 12.5. The molecule has 128 valence electrons. The van der Waals surface area contributed by atoms with Crippen LogP contribution in [0.25, 0.3) is 0 Å². The normalized spacial score (nSPS) is 15.0. The average molecular weight is 320 g/mol. The van der Waals surface area contributed by atoms with E-state index in [1.165, 1.54) is 51.2 Å². The molecule has 0 saturated heterocycles. The lowest BCUT2D eigenvalue weighted by atomic mass is 10.0. The molecule has 0 rings (SSSR count). The van der Waals surface area contributed by atoms with E-state index in [1.807, 2.05) is 6.92 Å². The van der Waals surface area contributed by atoms with Crippen LogP contribution in [-0.4, -0.2) is 32.5 Å². The third-order valence-corrected chi connectivity index (χ3v) is 5.95. The molecule has 0 aliphatic carbocycles. The number of rotatable bonds is 14. The summed E-state index contributed by atoms with van der Waals surface area (Å²) in [4.78, 5) is 0. The number of hydrogen-bond acceptors (Lipinski definition) is 3. The first-order valence-corrected chi connectivity index (χ1v) is 10.8. The zero-order chi connectivity index (χ0) is 16.1. The molecule has 0 spiro atoms. The molecule has 0 bridgehead atoms. The lowest BCUT2D eigenvalue weighted by Crippen LogP contribution is -2.42. The van der Waals surface area contributed by atoms with E-state index >= 15 is 0 Å². The maximum Gasteiger partial charge on any atom is 0.151 e. The van der Waals surface area contributed by atoms with Crippen LogP contribution >= 0.6 is 0 Å². The van der Waals surface area contributed by atoms with Crippen molar-refractivity contribution >= 4 is 9.84 Å². The predicted octanol–water partition coefficient (Wildman–Crippen LogP) is 4.32. The van der Waals surface area contributed by atoms with Crippen molar-refractivity contribution in [2.24, 2.45) is 0 Å². The minimum absolute atomic E-state index is 0.111. The van der Waals surface area contributed by atoms with Gasteiger partial charge in [-0.3, -0.25) is 0 Å². The fourth-order valence-electron chi connectivity index (χ4n) is 2.63. The maximum absolute atomic E-state index is 11.7. The van der Waals surface area contributed by atoms with Gasteiger partial charge in [-0.05, 0) is 26.3 Å². The molecule has 0 aromatic rings. The Morgan fingerprint density at radius 2 is 1.38 bits per heavy atom. The smallest absolute Gasteiger partial charge is 0.151 e. The van der Waals surface area contributed by atoms with E-state index in [-0.39, 0.29) is 11.3 Å². The van der Waals surface area contributed by atoms with Gasteiger partial charge in [0.25, 0.3) is 0 Å². The van der Waals surface area contributed by atoms with Gasteiger partial charge in [0.15, 0.2) is 9.84 Å². The predicted molar refractivity (Wildman–Crippen MR) is 93.6 cm³/mol. The summed E-state index contributed by atoms with van der Waals surface area (Å²) in [6, 6.07) is 0.111. The van der Waals surface area contributed by atoms with Crippen LogP contribution in [0.3, 0.4) is 0 Å². The van der Waals surface area contributed by atoms with Gasteiger partial charge in [0.05, 0.1) is 5.25 Å². The molecule has 0 saturated carbocycles. The van der Waals surface area contributed by atoms with E-state index in [1.54, 1.807) is 0 Å². The molecule has 0 aliphatic rings. The van der Waals surface area contributed by atoms with Gasteiger partial charge >= 0.3 is 0 Å². The molecule has 0 amide bonds. The van der Waals surface area contributed by atoms with Crippen LogP contribution in [0.15, 0.2) is 0 Å². The molecule has 0 aliphatic heterocycles. The van der Waals surface area contributed by atoms with Crippen molar-refractivity contribution in [2.75, 3.05) is 12.8 Å². The van der Waals surface area contributed by atoms with Gasteiger partial charge in [-0.2, -0.15) is 0 Å². The Hall–Kier alpha value is -0.0900. The molecular weight excluding hydrogens is 282 g/mol. The number of unbranched alkanes of at least 4 members (excludes halogenated alkanes) is 7. The highest BCUT2D eigenvalue weighted by Gasteiger charge is 2.24. The first-order chi connectivity index (χ1) is 9.93. The van der Waals surface area contributed by atoms with Crippen LogP contribution in [0.1, 0.15) is 85.0 Å². The van der Waals surface area contributed by atoms with Gasteiger partial charge in [-0.25, -0.2) is 8.42 Å². The fourth-order valence-corrected chi connectivity index (χ4v) is 3.46. The molecule has 0 fully saturated rings. The van der Waals surface area contributed by atoms with E-state index in [0.29, 0.717) is 0 Å². The highest BCUT2D eigenvalue weighted by Crippen LogP contribution is 2.14. The highest BCUT2D eigenvalue weighted by atomic mass is 32.2. The summed E-state index contributed by atoms with van der Waals surface area (Å²) >= 11 is 0. The summed E-state index contributed by atoms with van der Waals surface area (Å²) in [7, 11) is -2.95. The van der Waals surface area contributed by atoms with Gasteiger partial charge in [0.1, 0.15) is 0 Å². The van der Waals surface area contributed by atoms with E-state index in [4.69, 9.17) is 0 Å². The first-order valence-electron chi connectivity index (χ1n) is 8.85. The van der Waals surface area contributed by atoms with Crippen LogP contribution < -0.4 is 5.32 Å². The second-order valence-electron chi connectivity index (χ2n) is 6.36. The molecule has 1 N–H and O–H groups in total. The van der Waals surface area contributed by atoms with E-state index in [2.05, 4.69) is 19.2 Å². The van der Waals surface area contributed by atoms with Crippen molar-refractivity contribution in [3.05, 3.63) is 0 Å². The standard InChI is InChI=1S/C17H37NO2S/c1-5-7-8-9-10-11-12-13-14-17(18-15-6-2)16(3)21(4,19)20/h16-18H,5-15H2,1-4H3. The number of nitrogens with one attached hydrogen (secondary N) is 1. The van der Waals surface area contributed by atoms with Gasteiger partial charge < -0.3 is 5.32 Å². The average Bonchev–Trinajstić information content (AvgIpc) is 2.43. The number of hydrogen-bond donors (Lipinski definition) is 1. The van der Waals surface area contributed by atoms with Crippen molar-refractivity contribution in [1.29, 1.82) is 0 Å². The van der Waals surface area contributed by atoms with Gasteiger partial charge in [-0.1, -0.05) is 65.2 Å².